The summed E-state index contributed by atoms with van der Waals surface area (Å²) in [6.07, 6.45) is 1.88. The van der Waals surface area contributed by atoms with E-state index in [-0.39, 0.29) is 11.3 Å². The van der Waals surface area contributed by atoms with Crippen LogP contribution in [0, 0.1) is 5.41 Å². The van der Waals surface area contributed by atoms with Crippen molar-refractivity contribution in [3.8, 4) is 0 Å². The summed E-state index contributed by atoms with van der Waals surface area (Å²) in [4.78, 5) is 11.2. The summed E-state index contributed by atoms with van der Waals surface area (Å²) in [5.74, 6) is 0.199. The average Bonchev–Trinajstić information content (AvgIpc) is 2.48. The Morgan fingerprint density at radius 2 is 2.40 bits per heavy atom. The van der Waals surface area contributed by atoms with Gasteiger partial charge in [0.25, 0.3) is 0 Å². The Kier molecular flexibility index (Phi) is 1.20. The molecule has 1 N–H and O–H groups in total. The minimum Gasteiger partial charge on any atom is -0.380 e. The van der Waals surface area contributed by atoms with E-state index in [1.165, 1.54) is 0 Å². The molecule has 1 amide bonds. The lowest BCUT2D eigenvalue weighted by molar-refractivity contribution is -0.127. The molecule has 3 heteroatoms. The van der Waals surface area contributed by atoms with Crippen molar-refractivity contribution >= 4 is 5.91 Å². The van der Waals surface area contributed by atoms with Crippen LogP contribution in [0.5, 0.6) is 0 Å². The summed E-state index contributed by atoms with van der Waals surface area (Å²) in [5, 5.41) is 2.83. The molecule has 10 heavy (non-hydrogen) atoms. The molecule has 3 nitrogen and oxygen atoms in total. The van der Waals surface area contributed by atoms with E-state index in [2.05, 4.69) is 5.32 Å². The molecule has 0 aromatic carbocycles. The Labute approximate surface area is 59.7 Å². The van der Waals surface area contributed by atoms with Gasteiger partial charge in [-0.15, -0.1) is 0 Å². The van der Waals surface area contributed by atoms with Gasteiger partial charge in [0.05, 0.1) is 12.0 Å². The third-order valence-corrected chi connectivity index (χ3v) is 2.47. The van der Waals surface area contributed by atoms with E-state index in [0.29, 0.717) is 6.61 Å². The van der Waals surface area contributed by atoms with Gasteiger partial charge in [-0.1, -0.05) is 0 Å². The lowest BCUT2D eigenvalue weighted by Crippen LogP contribution is -2.31. The van der Waals surface area contributed by atoms with Crippen LogP contribution >= 0.6 is 0 Å². The molecule has 0 aliphatic carbocycles. The molecular formula is C7H11NO2. The predicted octanol–water partition coefficient (Wildman–Crippen LogP) is -0.0870. The smallest absolute Gasteiger partial charge is 0.228 e. The molecule has 0 saturated carbocycles. The minimum absolute atomic E-state index is 0.125. The molecule has 56 valence electrons. The van der Waals surface area contributed by atoms with E-state index in [1.54, 1.807) is 0 Å². The van der Waals surface area contributed by atoms with Crippen molar-refractivity contribution in [1.82, 2.24) is 5.32 Å². The first-order chi connectivity index (χ1) is 4.83. The molecule has 1 unspecified atom stereocenters. The van der Waals surface area contributed by atoms with Crippen molar-refractivity contribution in [2.45, 2.75) is 12.8 Å². The molecule has 2 fully saturated rings. The van der Waals surface area contributed by atoms with E-state index in [0.717, 1.165) is 26.0 Å². The van der Waals surface area contributed by atoms with Gasteiger partial charge in [-0.3, -0.25) is 4.79 Å². The van der Waals surface area contributed by atoms with Crippen LogP contribution in [0.15, 0.2) is 0 Å². The quantitative estimate of drug-likeness (QED) is 0.512. The van der Waals surface area contributed by atoms with Gasteiger partial charge in [0.1, 0.15) is 0 Å². The lowest BCUT2D eigenvalue weighted by atomic mass is 9.86. The van der Waals surface area contributed by atoms with Crippen molar-refractivity contribution in [3.63, 3.8) is 0 Å². The van der Waals surface area contributed by atoms with Crippen molar-refractivity contribution in [3.05, 3.63) is 0 Å². The number of rotatable bonds is 0. The largest absolute Gasteiger partial charge is 0.380 e. The number of ether oxygens (including phenoxy) is 1. The third-order valence-electron chi connectivity index (χ3n) is 2.47. The van der Waals surface area contributed by atoms with Crippen LogP contribution in [0.3, 0.4) is 0 Å². The summed E-state index contributed by atoms with van der Waals surface area (Å²) in [6, 6.07) is 0. The number of hydrogen-bond donors (Lipinski definition) is 1. The highest BCUT2D eigenvalue weighted by atomic mass is 16.5. The second-order valence-corrected chi connectivity index (χ2v) is 3.09. The van der Waals surface area contributed by atoms with E-state index in [9.17, 15) is 4.79 Å². The van der Waals surface area contributed by atoms with E-state index in [1.807, 2.05) is 0 Å². The predicted molar refractivity (Wildman–Crippen MR) is 35.5 cm³/mol. The molecule has 0 bridgehead atoms. The highest BCUT2D eigenvalue weighted by Crippen LogP contribution is 2.35. The van der Waals surface area contributed by atoms with Gasteiger partial charge in [0.2, 0.25) is 5.91 Å². The van der Waals surface area contributed by atoms with Gasteiger partial charge >= 0.3 is 0 Å². The maximum Gasteiger partial charge on any atom is 0.228 e. The fourth-order valence-electron chi connectivity index (χ4n) is 1.70. The average molecular weight is 141 g/mol. The van der Waals surface area contributed by atoms with Gasteiger partial charge in [-0.25, -0.2) is 0 Å². The zero-order valence-corrected chi connectivity index (χ0v) is 5.85. The monoisotopic (exact) mass is 141 g/mol. The van der Waals surface area contributed by atoms with Crippen molar-refractivity contribution in [2.24, 2.45) is 5.41 Å². The SMILES string of the molecule is O=C1NCCC12CCOC2. The van der Waals surface area contributed by atoms with Gasteiger partial charge < -0.3 is 10.1 Å². The lowest BCUT2D eigenvalue weighted by Gasteiger charge is -2.14. The van der Waals surface area contributed by atoms with E-state index in [4.69, 9.17) is 4.74 Å². The topological polar surface area (TPSA) is 38.3 Å². The van der Waals surface area contributed by atoms with E-state index < -0.39 is 0 Å². The fraction of sp³-hybridized carbons (Fsp3) is 0.857. The van der Waals surface area contributed by atoms with Crippen LogP contribution in [0.1, 0.15) is 12.8 Å². The van der Waals surface area contributed by atoms with Crippen LogP contribution in [0.25, 0.3) is 0 Å². The molecule has 2 saturated heterocycles. The Morgan fingerprint density at radius 3 is 2.90 bits per heavy atom. The Hall–Kier alpha value is -0.570. The summed E-state index contributed by atoms with van der Waals surface area (Å²) in [6.45, 7) is 2.23. The number of nitrogens with one attached hydrogen (secondary N) is 1. The molecule has 0 aromatic rings. The molecule has 1 spiro atoms. The first kappa shape index (κ1) is 6.16. The molecule has 1 atom stereocenters. The Bertz CT molecular complexity index is 155. The summed E-state index contributed by atoms with van der Waals surface area (Å²) in [7, 11) is 0. The van der Waals surface area contributed by atoms with Crippen molar-refractivity contribution in [1.29, 1.82) is 0 Å². The van der Waals surface area contributed by atoms with Crippen LogP contribution in [0.2, 0.25) is 0 Å². The standard InChI is InChI=1S/C7H11NO2/c9-6-7(1-3-8-6)2-4-10-5-7/h1-5H2,(H,8,9). The van der Waals surface area contributed by atoms with Gasteiger partial charge in [-0.2, -0.15) is 0 Å². The van der Waals surface area contributed by atoms with Crippen LogP contribution < -0.4 is 5.32 Å². The Morgan fingerprint density at radius 1 is 1.50 bits per heavy atom. The summed E-state index contributed by atoms with van der Waals surface area (Å²) in [5.41, 5.74) is -0.125. The molecular weight excluding hydrogens is 130 g/mol. The number of amides is 1. The van der Waals surface area contributed by atoms with Gasteiger partial charge in [0.15, 0.2) is 0 Å². The maximum atomic E-state index is 11.2. The number of carbonyl (C=O) groups is 1. The highest BCUT2D eigenvalue weighted by Gasteiger charge is 2.45. The van der Waals surface area contributed by atoms with Crippen LogP contribution in [-0.2, 0) is 9.53 Å². The molecule has 2 heterocycles. The first-order valence-electron chi connectivity index (χ1n) is 3.70. The maximum absolute atomic E-state index is 11.2. The first-order valence-corrected chi connectivity index (χ1v) is 3.70. The highest BCUT2D eigenvalue weighted by molar-refractivity contribution is 5.85. The Balaban J connectivity index is 2.19. The molecule has 0 aromatic heterocycles. The van der Waals surface area contributed by atoms with E-state index >= 15 is 0 Å². The van der Waals surface area contributed by atoms with Crippen LogP contribution in [-0.4, -0.2) is 25.7 Å². The number of hydrogen-bond acceptors (Lipinski definition) is 2. The van der Waals surface area contributed by atoms with Crippen molar-refractivity contribution in [2.75, 3.05) is 19.8 Å². The summed E-state index contributed by atoms with van der Waals surface area (Å²) < 4.78 is 5.19. The summed E-state index contributed by atoms with van der Waals surface area (Å²) >= 11 is 0. The normalized spacial score (nSPS) is 39.0. The molecule has 2 aliphatic heterocycles. The second kappa shape index (κ2) is 1.95. The third kappa shape index (κ3) is 0.669. The van der Waals surface area contributed by atoms with Crippen LogP contribution in [0.4, 0.5) is 0 Å². The molecule has 2 aliphatic rings. The zero-order chi connectivity index (χ0) is 7.03. The molecule has 0 radical (unpaired) electrons. The van der Waals surface area contributed by atoms with Gasteiger partial charge in [0, 0.05) is 13.2 Å². The zero-order valence-electron chi connectivity index (χ0n) is 5.85. The van der Waals surface area contributed by atoms with Gasteiger partial charge in [-0.05, 0) is 12.8 Å². The molecule has 2 rings (SSSR count). The minimum atomic E-state index is -0.125. The van der Waals surface area contributed by atoms with Crippen molar-refractivity contribution < 1.29 is 9.53 Å². The number of carbonyl (C=O) groups excluding carboxylic acids is 1. The second-order valence-electron chi connectivity index (χ2n) is 3.09. The fourth-order valence-corrected chi connectivity index (χ4v) is 1.70.